The standard InChI is InChI=1S/C21H25ClFN3O2/c1-28-20-6-5-17(12-19(20)23)14-25-7-9-26(10-8-25)15-21(27)24-13-16-3-2-4-18(22)11-16/h2-6,11-12H,7-10,13-15H2,1H3,(H,24,27). The van der Waals surface area contributed by atoms with Gasteiger partial charge >= 0.3 is 0 Å². The summed E-state index contributed by atoms with van der Waals surface area (Å²) in [4.78, 5) is 16.6. The van der Waals surface area contributed by atoms with Crippen LogP contribution in [0.25, 0.3) is 0 Å². The first-order chi connectivity index (χ1) is 13.5. The second-order valence-electron chi connectivity index (χ2n) is 6.93. The summed E-state index contributed by atoms with van der Waals surface area (Å²) >= 11 is 5.96. The van der Waals surface area contributed by atoms with E-state index in [1.54, 1.807) is 6.07 Å². The molecule has 0 saturated carbocycles. The molecule has 0 unspecified atom stereocenters. The summed E-state index contributed by atoms with van der Waals surface area (Å²) in [5.41, 5.74) is 1.91. The van der Waals surface area contributed by atoms with Gasteiger partial charge in [0.1, 0.15) is 0 Å². The van der Waals surface area contributed by atoms with E-state index in [2.05, 4.69) is 15.1 Å². The normalized spacial score (nSPS) is 15.4. The Morgan fingerprint density at radius 3 is 2.54 bits per heavy atom. The third-order valence-electron chi connectivity index (χ3n) is 4.83. The van der Waals surface area contributed by atoms with Crippen molar-refractivity contribution >= 4 is 17.5 Å². The van der Waals surface area contributed by atoms with Crippen LogP contribution in [0, 0.1) is 5.82 Å². The average molecular weight is 406 g/mol. The Morgan fingerprint density at radius 1 is 1.11 bits per heavy atom. The molecular formula is C21H25ClFN3O2. The van der Waals surface area contributed by atoms with Crippen molar-refractivity contribution in [1.82, 2.24) is 15.1 Å². The topological polar surface area (TPSA) is 44.8 Å². The van der Waals surface area contributed by atoms with Crippen molar-refractivity contribution in [2.45, 2.75) is 13.1 Å². The second kappa shape index (κ2) is 9.87. The molecule has 0 spiro atoms. The van der Waals surface area contributed by atoms with Gasteiger partial charge in [0.15, 0.2) is 11.6 Å². The molecular weight excluding hydrogens is 381 g/mol. The minimum absolute atomic E-state index is 0.00523. The van der Waals surface area contributed by atoms with Gasteiger partial charge in [-0.15, -0.1) is 0 Å². The monoisotopic (exact) mass is 405 g/mol. The first-order valence-electron chi connectivity index (χ1n) is 9.32. The molecule has 1 aliphatic rings. The number of piperazine rings is 1. The van der Waals surface area contributed by atoms with Gasteiger partial charge in [0.2, 0.25) is 5.91 Å². The lowest BCUT2D eigenvalue weighted by atomic mass is 10.2. The van der Waals surface area contributed by atoms with Crippen molar-refractivity contribution in [1.29, 1.82) is 0 Å². The van der Waals surface area contributed by atoms with E-state index in [0.29, 0.717) is 24.7 Å². The number of rotatable bonds is 7. The first-order valence-corrected chi connectivity index (χ1v) is 9.69. The van der Waals surface area contributed by atoms with Crippen molar-refractivity contribution in [3.05, 3.63) is 64.4 Å². The summed E-state index contributed by atoms with van der Waals surface area (Å²) < 4.78 is 18.8. The van der Waals surface area contributed by atoms with Gasteiger partial charge in [0.05, 0.1) is 13.7 Å². The predicted molar refractivity (Wildman–Crippen MR) is 108 cm³/mol. The molecule has 1 heterocycles. The number of halogens is 2. The van der Waals surface area contributed by atoms with Crippen molar-refractivity contribution in [3.8, 4) is 5.75 Å². The molecule has 150 valence electrons. The molecule has 1 N–H and O–H groups in total. The minimum atomic E-state index is -0.338. The average Bonchev–Trinajstić information content (AvgIpc) is 2.68. The van der Waals surface area contributed by atoms with Crippen LogP contribution in [0.2, 0.25) is 5.02 Å². The highest BCUT2D eigenvalue weighted by atomic mass is 35.5. The molecule has 2 aromatic rings. The van der Waals surface area contributed by atoms with E-state index < -0.39 is 0 Å². The molecule has 28 heavy (non-hydrogen) atoms. The molecule has 1 aliphatic heterocycles. The molecule has 1 saturated heterocycles. The van der Waals surface area contributed by atoms with Crippen molar-refractivity contribution < 1.29 is 13.9 Å². The third kappa shape index (κ3) is 5.92. The number of methoxy groups -OCH3 is 1. The highest BCUT2D eigenvalue weighted by molar-refractivity contribution is 6.30. The molecule has 0 aromatic heterocycles. The molecule has 5 nitrogen and oxygen atoms in total. The summed E-state index contributed by atoms with van der Waals surface area (Å²) in [5.74, 6) is -0.0713. The van der Waals surface area contributed by atoms with E-state index in [0.717, 1.165) is 37.3 Å². The first kappa shape index (κ1) is 20.6. The summed E-state index contributed by atoms with van der Waals surface area (Å²) in [7, 11) is 1.46. The van der Waals surface area contributed by atoms with Crippen LogP contribution in [0.3, 0.4) is 0 Å². The summed E-state index contributed by atoms with van der Waals surface area (Å²) in [5, 5.41) is 3.60. The largest absolute Gasteiger partial charge is 0.494 e. The van der Waals surface area contributed by atoms with Crippen LogP contribution in [0.15, 0.2) is 42.5 Å². The number of ether oxygens (including phenoxy) is 1. The van der Waals surface area contributed by atoms with E-state index in [-0.39, 0.29) is 17.5 Å². The van der Waals surface area contributed by atoms with Crippen LogP contribution in [-0.2, 0) is 17.9 Å². The Kier molecular flexibility index (Phi) is 7.25. The van der Waals surface area contributed by atoms with Crippen LogP contribution in [0.5, 0.6) is 5.75 Å². The second-order valence-corrected chi connectivity index (χ2v) is 7.36. The Bertz CT molecular complexity index is 810. The minimum Gasteiger partial charge on any atom is -0.494 e. The van der Waals surface area contributed by atoms with Gasteiger partial charge in [-0.2, -0.15) is 0 Å². The van der Waals surface area contributed by atoms with Gasteiger partial charge in [0.25, 0.3) is 0 Å². The number of carbonyl (C=O) groups is 1. The number of nitrogens with one attached hydrogen (secondary N) is 1. The molecule has 1 fully saturated rings. The van der Waals surface area contributed by atoms with Crippen LogP contribution in [-0.4, -0.2) is 55.5 Å². The molecule has 3 rings (SSSR count). The van der Waals surface area contributed by atoms with Gasteiger partial charge in [-0.1, -0.05) is 29.8 Å². The summed E-state index contributed by atoms with van der Waals surface area (Å²) in [6, 6.07) is 12.5. The fourth-order valence-corrected chi connectivity index (χ4v) is 3.49. The van der Waals surface area contributed by atoms with Crippen molar-refractivity contribution in [2.24, 2.45) is 0 Å². The van der Waals surface area contributed by atoms with Crippen LogP contribution >= 0.6 is 11.6 Å². The van der Waals surface area contributed by atoms with E-state index >= 15 is 0 Å². The molecule has 0 atom stereocenters. The maximum absolute atomic E-state index is 13.8. The fourth-order valence-electron chi connectivity index (χ4n) is 3.28. The molecule has 0 aliphatic carbocycles. The summed E-state index contributed by atoms with van der Waals surface area (Å²) in [6.45, 7) is 4.85. The lowest BCUT2D eigenvalue weighted by Crippen LogP contribution is -2.49. The summed E-state index contributed by atoms with van der Waals surface area (Å²) in [6.07, 6.45) is 0. The lowest BCUT2D eigenvalue weighted by molar-refractivity contribution is -0.122. The Balaban J connectivity index is 1.40. The van der Waals surface area contributed by atoms with Gasteiger partial charge in [-0.25, -0.2) is 4.39 Å². The number of nitrogens with zero attached hydrogens (tertiary/aromatic N) is 2. The molecule has 1 amide bonds. The number of hydrogen-bond acceptors (Lipinski definition) is 4. The van der Waals surface area contributed by atoms with Crippen LogP contribution < -0.4 is 10.1 Å². The van der Waals surface area contributed by atoms with Crippen molar-refractivity contribution in [2.75, 3.05) is 39.8 Å². The number of benzene rings is 2. The Labute approximate surface area is 170 Å². The highest BCUT2D eigenvalue weighted by Crippen LogP contribution is 2.19. The molecule has 2 aromatic carbocycles. The van der Waals surface area contributed by atoms with Gasteiger partial charge in [0, 0.05) is 44.3 Å². The highest BCUT2D eigenvalue weighted by Gasteiger charge is 2.19. The fraction of sp³-hybridized carbons (Fsp3) is 0.381. The number of amides is 1. The SMILES string of the molecule is COc1ccc(CN2CCN(CC(=O)NCc3cccc(Cl)c3)CC2)cc1F. The smallest absolute Gasteiger partial charge is 0.234 e. The molecule has 0 bridgehead atoms. The quantitative estimate of drug-likeness (QED) is 0.769. The van der Waals surface area contributed by atoms with Crippen LogP contribution in [0.1, 0.15) is 11.1 Å². The zero-order chi connectivity index (χ0) is 19.9. The molecule has 0 radical (unpaired) electrons. The van der Waals surface area contributed by atoms with Gasteiger partial charge < -0.3 is 10.1 Å². The predicted octanol–water partition coefficient (Wildman–Crippen LogP) is 2.92. The zero-order valence-corrected chi connectivity index (χ0v) is 16.7. The van der Waals surface area contributed by atoms with Crippen molar-refractivity contribution in [3.63, 3.8) is 0 Å². The lowest BCUT2D eigenvalue weighted by Gasteiger charge is -2.34. The van der Waals surface area contributed by atoms with E-state index in [4.69, 9.17) is 16.3 Å². The maximum Gasteiger partial charge on any atom is 0.234 e. The Hall–Kier alpha value is -2.15. The van der Waals surface area contributed by atoms with Gasteiger partial charge in [-0.3, -0.25) is 14.6 Å². The van der Waals surface area contributed by atoms with Crippen LogP contribution in [0.4, 0.5) is 4.39 Å². The number of hydrogen-bond donors (Lipinski definition) is 1. The molecule has 7 heteroatoms. The Morgan fingerprint density at radius 2 is 1.86 bits per heavy atom. The van der Waals surface area contributed by atoms with Gasteiger partial charge in [-0.05, 0) is 35.4 Å². The zero-order valence-electron chi connectivity index (χ0n) is 16.0. The third-order valence-corrected chi connectivity index (χ3v) is 5.07. The van der Waals surface area contributed by atoms with E-state index in [1.165, 1.54) is 13.2 Å². The maximum atomic E-state index is 13.8. The van der Waals surface area contributed by atoms with E-state index in [1.807, 2.05) is 30.3 Å². The van der Waals surface area contributed by atoms with E-state index in [9.17, 15) is 9.18 Å². The number of carbonyl (C=O) groups excluding carboxylic acids is 1.